The van der Waals surface area contributed by atoms with E-state index in [4.69, 9.17) is 0 Å². The van der Waals surface area contributed by atoms with E-state index in [1.54, 1.807) is 0 Å². The molecular weight excluding hydrogens is 253 g/mol. The highest BCUT2D eigenvalue weighted by atomic mass is 19.1. The number of carbonyl (C=O) groups is 1. The van der Waals surface area contributed by atoms with Crippen molar-refractivity contribution in [1.82, 2.24) is 4.98 Å². The first kappa shape index (κ1) is 12.5. The smallest absolute Gasteiger partial charge is 0.170 e. The Labute approximate surface area is 118 Å². The number of rotatable bonds is 2. The maximum absolute atomic E-state index is 13.4. The second kappa shape index (κ2) is 3.90. The molecule has 0 radical (unpaired) electrons. The van der Waals surface area contributed by atoms with E-state index in [9.17, 15) is 9.18 Å². The molecule has 20 heavy (non-hydrogen) atoms. The number of Topliss-reactive ketones (excluding diaryl/α,β-unsaturated/α-hetero) is 1. The molecule has 0 N–H and O–H groups in total. The van der Waals surface area contributed by atoms with Crippen molar-refractivity contribution in [3.8, 4) is 0 Å². The van der Waals surface area contributed by atoms with Crippen LogP contribution >= 0.6 is 0 Å². The first-order valence-electron chi connectivity index (χ1n) is 7.64. The standard InChI is InChI=1S/C17H20FNO/c1-16-4-11-2-12(5-16)7-17(6-11,10-16)15(20)13-3-14(18)9-19-8-13/h3,8-9,11-12H,2,4-7,10H2,1H3. The molecule has 1 heterocycles. The molecular formula is C17H20FNO. The molecule has 4 aliphatic rings. The molecule has 4 saturated carbocycles. The van der Waals surface area contributed by atoms with Crippen LogP contribution in [0.1, 0.15) is 55.8 Å². The third kappa shape index (κ3) is 1.75. The summed E-state index contributed by atoms with van der Waals surface area (Å²) in [6.45, 7) is 2.34. The van der Waals surface area contributed by atoms with Gasteiger partial charge in [-0.15, -0.1) is 0 Å². The van der Waals surface area contributed by atoms with Crippen molar-refractivity contribution in [2.45, 2.75) is 45.4 Å². The maximum Gasteiger partial charge on any atom is 0.170 e. The molecule has 106 valence electrons. The molecule has 2 atom stereocenters. The van der Waals surface area contributed by atoms with E-state index in [0.717, 1.165) is 25.5 Å². The summed E-state index contributed by atoms with van der Waals surface area (Å²) in [7, 11) is 0. The Hall–Kier alpha value is -1.25. The number of hydrogen-bond acceptors (Lipinski definition) is 2. The minimum atomic E-state index is -0.410. The maximum atomic E-state index is 13.4. The predicted octanol–water partition coefficient (Wildman–Crippen LogP) is 4.01. The fourth-order valence-corrected chi connectivity index (χ4v) is 5.83. The van der Waals surface area contributed by atoms with Crippen molar-refractivity contribution in [3.05, 3.63) is 29.8 Å². The van der Waals surface area contributed by atoms with Crippen LogP contribution in [-0.4, -0.2) is 10.8 Å². The summed E-state index contributed by atoms with van der Waals surface area (Å²) >= 11 is 0. The molecule has 2 nitrogen and oxygen atoms in total. The topological polar surface area (TPSA) is 30.0 Å². The Kier molecular flexibility index (Phi) is 2.43. The van der Waals surface area contributed by atoms with Gasteiger partial charge in [-0.2, -0.15) is 0 Å². The molecule has 2 unspecified atom stereocenters. The first-order chi connectivity index (χ1) is 9.48. The Morgan fingerprint density at radius 3 is 2.55 bits per heavy atom. The van der Waals surface area contributed by atoms with Crippen LogP contribution in [0, 0.1) is 28.5 Å². The largest absolute Gasteiger partial charge is 0.293 e. The third-order valence-corrected chi connectivity index (χ3v) is 5.80. The minimum absolute atomic E-state index is 0.143. The van der Waals surface area contributed by atoms with Gasteiger partial charge >= 0.3 is 0 Å². The Morgan fingerprint density at radius 2 is 1.95 bits per heavy atom. The number of ketones is 1. The second-order valence-corrected chi connectivity index (χ2v) is 7.77. The zero-order valence-corrected chi connectivity index (χ0v) is 11.9. The number of carbonyl (C=O) groups excluding carboxylic acids is 1. The monoisotopic (exact) mass is 273 g/mol. The van der Waals surface area contributed by atoms with Gasteiger partial charge in [0.05, 0.1) is 6.20 Å². The lowest BCUT2D eigenvalue weighted by Gasteiger charge is -2.60. The quantitative estimate of drug-likeness (QED) is 0.762. The molecule has 1 aromatic rings. The second-order valence-electron chi connectivity index (χ2n) is 7.77. The summed E-state index contributed by atoms with van der Waals surface area (Å²) in [5.41, 5.74) is 0.574. The van der Waals surface area contributed by atoms with E-state index in [0.29, 0.717) is 22.8 Å². The van der Waals surface area contributed by atoms with Gasteiger partial charge in [0.15, 0.2) is 5.78 Å². The average molecular weight is 273 g/mol. The number of nitrogens with zero attached hydrogens (tertiary/aromatic N) is 1. The molecule has 0 aliphatic heterocycles. The van der Waals surface area contributed by atoms with E-state index < -0.39 is 5.82 Å². The van der Waals surface area contributed by atoms with E-state index in [2.05, 4.69) is 11.9 Å². The van der Waals surface area contributed by atoms with Gasteiger partial charge in [0, 0.05) is 17.2 Å². The van der Waals surface area contributed by atoms with Gasteiger partial charge in [-0.3, -0.25) is 9.78 Å². The predicted molar refractivity (Wildman–Crippen MR) is 73.7 cm³/mol. The van der Waals surface area contributed by atoms with Gasteiger partial charge in [-0.25, -0.2) is 4.39 Å². The molecule has 0 spiro atoms. The van der Waals surface area contributed by atoms with Crippen molar-refractivity contribution in [3.63, 3.8) is 0 Å². The van der Waals surface area contributed by atoms with Crippen LogP contribution in [0.25, 0.3) is 0 Å². The number of aromatic nitrogens is 1. The first-order valence-corrected chi connectivity index (χ1v) is 7.64. The summed E-state index contributed by atoms with van der Waals surface area (Å²) < 4.78 is 13.4. The summed E-state index contributed by atoms with van der Waals surface area (Å²) in [6.07, 6.45) is 9.56. The zero-order valence-electron chi connectivity index (χ0n) is 11.9. The van der Waals surface area contributed by atoms with Crippen molar-refractivity contribution in [2.75, 3.05) is 0 Å². The van der Waals surface area contributed by atoms with Gasteiger partial charge in [-0.1, -0.05) is 6.92 Å². The number of halogens is 1. The van der Waals surface area contributed by atoms with Crippen LogP contribution in [0.4, 0.5) is 4.39 Å². The third-order valence-electron chi connectivity index (χ3n) is 5.80. The molecule has 4 bridgehead atoms. The summed E-state index contributed by atoms with van der Waals surface area (Å²) in [5.74, 6) is 1.13. The SMILES string of the molecule is CC12CC3CC(C1)CC(C(=O)c1cncc(F)c1)(C3)C2. The Morgan fingerprint density at radius 1 is 1.25 bits per heavy atom. The van der Waals surface area contributed by atoms with Gasteiger partial charge < -0.3 is 0 Å². The van der Waals surface area contributed by atoms with Crippen LogP contribution in [-0.2, 0) is 0 Å². The van der Waals surface area contributed by atoms with Crippen molar-refractivity contribution in [1.29, 1.82) is 0 Å². The van der Waals surface area contributed by atoms with Crippen molar-refractivity contribution in [2.24, 2.45) is 22.7 Å². The highest BCUT2D eigenvalue weighted by Gasteiger charge is 2.58. The average Bonchev–Trinajstić information content (AvgIpc) is 2.35. The fraction of sp³-hybridized carbons (Fsp3) is 0.647. The lowest BCUT2D eigenvalue weighted by atomic mass is 9.43. The van der Waals surface area contributed by atoms with E-state index in [1.807, 2.05) is 0 Å². The molecule has 0 aromatic carbocycles. The van der Waals surface area contributed by atoms with Gasteiger partial charge in [0.25, 0.3) is 0 Å². The summed E-state index contributed by atoms with van der Waals surface area (Å²) in [5, 5.41) is 0. The zero-order chi connectivity index (χ0) is 14.0. The normalized spacial score (nSPS) is 41.9. The molecule has 4 aliphatic carbocycles. The number of pyridine rings is 1. The Balaban J connectivity index is 1.72. The van der Waals surface area contributed by atoms with Crippen LogP contribution in [0.15, 0.2) is 18.5 Å². The van der Waals surface area contributed by atoms with Crippen LogP contribution in [0.2, 0.25) is 0 Å². The van der Waals surface area contributed by atoms with E-state index in [1.165, 1.54) is 31.5 Å². The van der Waals surface area contributed by atoms with Gasteiger partial charge in [0.2, 0.25) is 0 Å². The molecule has 5 rings (SSSR count). The van der Waals surface area contributed by atoms with Crippen molar-refractivity contribution < 1.29 is 9.18 Å². The van der Waals surface area contributed by atoms with E-state index >= 15 is 0 Å². The van der Waals surface area contributed by atoms with Gasteiger partial charge in [-0.05, 0) is 61.8 Å². The highest BCUT2D eigenvalue weighted by Crippen LogP contribution is 2.65. The molecule has 1 aromatic heterocycles. The minimum Gasteiger partial charge on any atom is -0.293 e. The molecule has 3 heteroatoms. The lowest BCUT2D eigenvalue weighted by Crippen LogP contribution is -2.54. The van der Waals surface area contributed by atoms with E-state index in [-0.39, 0.29) is 11.2 Å². The van der Waals surface area contributed by atoms with Crippen molar-refractivity contribution >= 4 is 5.78 Å². The van der Waals surface area contributed by atoms with Crippen LogP contribution in [0.3, 0.4) is 0 Å². The van der Waals surface area contributed by atoms with Crippen LogP contribution in [0.5, 0.6) is 0 Å². The van der Waals surface area contributed by atoms with Gasteiger partial charge in [0.1, 0.15) is 5.82 Å². The Bertz CT molecular complexity index is 568. The lowest BCUT2D eigenvalue weighted by molar-refractivity contribution is -0.0820. The molecule has 4 fully saturated rings. The fourth-order valence-electron chi connectivity index (χ4n) is 5.83. The highest BCUT2D eigenvalue weighted by molar-refractivity contribution is 6.00. The molecule has 0 saturated heterocycles. The summed E-state index contributed by atoms with van der Waals surface area (Å²) in [4.78, 5) is 16.8. The number of hydrogen-bond donors (Lipinski definition) is 0. The van der Waals surface area contributed by atoms with Crippen LogP contribution < -0.4 is 0 Å². The summed E-state index contributed by atoms with van der Waals surface area (Å²) in [6, 6.07) is 1.36. The molecule has 0 amide bonds.